The summed E-state index contributed by atoms with van der Waals surface area (Å²) in [4.78, 5) is 4.09. The Kier molecular flexibility index (Phi) is 4.10. The second-order valence-corrected chi connectivity index (χ2v) is 6.60. The third-order valence-corrected chi connectivity index (χ3v) is 4.95. The van der Waals surface area contributed by atoms with Gasteiger partial charge in [0.1, 0.15) is 5.52 Å². The summed E-state index contributed by atoms with van der Waals surface area (Å²) in [5.41, 5.74) is 1.59. The van der Waals surface area contributed by atoms with Crippen LogP contribution in [-0.4, -0.2) is 14.8 Å². The van der Waals surface area contributed by atoms with Gasteiger partial charge in [-0.05, 0) is 37.1 Å². The molecule has 4 rings (SSSR count). The minimum Gasteiger partial charge on any atom is -0.377 e. The van der Waals surface area contributed by atoms with Crippen LogP contribution >= 0.6 is 11.6 Å². The van der Waals surface area contributed by atoms with Crippen molar-refractivity contribution >= 4 is 28.2 Å². The number of nitrogens with one attached hydrogen (secondary N) is 1. The molecule has 0 radical (unpaired) electrons. The van der Waals surface area contributed by atoms with E-state index in [2.05, 4.69) is 15.4 Å². The zero-order chi connectivity index (χ0) is 16.5. The van der Waals surface area contributed by atoms with Gasteiger partial charge in [-0.3, -0.25) is 9.67 Å². The Labute approximate surface area is 144 Å². The molecule has 0 bridgehead atoms. The fourth-order valence-electron chi connectivity index (χ4n) is 3.32. The molecule has 3 aromatic rings. The zero-order valence-electron chi connectivity index (χ0n) is 13.2. The summed E-state index contributed by atoms with van der Waals surface area (Å²) < 4.78 is 16.6. The van der Waals surface area contributed by atoms with Gasteiger partial charge >= 0.3 is 0 Å². The molecule has 0 atom stereocenters. The van der Waals surface area contributed by atoms with Crippen molar-refractivity contribution in [2.45, 2.75) is 38.3 Å². The molecule has 0 unspecified atom stereocenters. The van der Waals surface area contributed by atoms with Crippen molar-refractivity contribution in [1.82, 2.24) is 14.8 Å². The lowest BCUT2D eigenvalue weighted by Crippen LogP contribution is -2.07. The average Bonchev–Trinajstić information content (AvgIpc) is 3.26. The van der Waals surface area contributed by atoms with E-state index in [1.54, 1.807) is 18.2 Å². The molecule has 4 nitrogen and oxygen atoms in total. The maximum absolute atomic E-state index is 14.6. The summed E-state index contributed by atoms with van der Waals surface area (Å²) in [7, 11) is 0. The standard InChI is InChI=1S/C18H18ClFN4/c19-15-7-9-21-18-14(15)5-6-16(17(18)20)22-11-12-8-10-24(23-12)13-3-1-2-4-13/h5-10,13,22H,1-4,11H2. The molecule has 124 valence electrons. The van der Waals surface area contributed by atoms with Crippen molar-refractivity contribution in [1.29, 1.82) is 0 Å². The summed E-state index contributed by atoms with van der Waals surface area (Å²) in [6.07, 6.45) is 8.47. The maximum atomic E-state index is 14.6. The van der Waals surface area contributed by atoms with Crippen LogP contribution in [0, 0.1) is 5.82 Å². The number of anilines is 1. The van der Waals surface area contributed by atoms with Crippen molar-refractivity contribution in [3.8, 4) is 0 Å². The molecule has 0 saturated heterocycles. The molecule has 6 heteroatoms. The molecule has 0 spiro atoms. The Morgan fingerprint density at radius 3 is 2.88 bits per heavy atom. The van der Waals surface area contributed by atoms with Crippen LogP contribution in [0.15, 0.2) is 36.7 Å². The Morgan fingerprint density at radius 1 is 1.21 bits per heavy atom. The summed E-state index contributed by atoms with van der Waals surface area (Å²) in [5, 5.41) is 8.84. The van der Waals surface area contributed by atoms with Crippen LogP contribution in [0.2, 0.25) is 5.02 Å². The van der Waals surface area contributed by atoms with E-state index >= 15 is 0 Å². The SMILES string of the molecule is Fc1c(NCc2ccn(C3CCCC3)n2)ccc2c(Cl)ccnc12. The highest BCUT2D eigenvalue weighted by Crippen LogP contribution is 2.29. The van der Waals surface area contributed by atoms with Crippen LogP contribution in [0.5, 0.6) is 0 Å². The predicted molar refractivity (Wildman–Crippen MR) is 93.8 cm³/mol. The van der Waals surface area contributed by atoms with Crippen molar-refractivity contribution in [2.24, 2.45) is 0 Å². The van der Waals surface area contributed by atoms with E-state index in [1.807, 2.05) is 16.9 Å². The van der Waals surface area contributed by atoms with E-state index < -0.39 is 0 Å². The third kappa shape index (κ3) is 2.84. The number of pyridine rings is 1. The Morgan fingerprint density at radius 2 is 2.04 bits per heavy atom. The average molecular weight is 345 g/mol. The van der Waals surface area contributed by atoms with Crippen molar-refractivity contribution in [3.63, 3.8) is 0 Å². The number of halogens is 2. The highest BCUT2D eigenvalue weighted by molar-refractivity contribution is 6.35. The molecule has 1 saturated carbocycles. The highest BCUT2D eigenvalue weighted by Gasteiger charge is 2.17. The molecular formula is C18H18ClFN4. The number of hydrogen-bond donors (Lipinski definition) is 1. The molecule has 1 aliphatic carbocycles. The van der Waals surface area contributed by atoms with Crippen LogP contribution in [0.3, 0.4) is 0 Å². The van der Waals surface area contributed by atoms with Crippen LogP contribution < -0.4 is 5.32 Å². The second-order valence-electron chi connectivity index (χ2n) is 6.19. The fraction of sp³-hybridized carbons (Fsp3) is 0.333. The van der Waals surface area contributed by atoms with Crippen molar-refractivity contribution in [2.75, 3.05) is 5.32 Å². The molecule has 2 heterocycles. The van der Waals surface area contributed by atoms with Crippen LogP contribution in [-0.2, 0) is 6.54 Å². The van der Waals surface area contributed by atoms with Gasteiger partial charge in [-0.15, -0.1) is 0 Å². The summed E-state index contributed by atoms with van der Waals surface area (Å²) in [6, 6.07) is 7.64. The number of hydrogen-bond acceptors (Lipinski definition) is 3. The molecule has 1 aliphatic rings. The molecule has 0 amide bonds. The van der Waals surface area contributed by atoms with Crippen LogP contribution in [0.1, 0.15) is 37.4 Å². The first-order valence-electron chi connectivity index (χ1n) is 8.23. The molecule has 1 aromatic carbocycles. The Bertz CT molecular complexity index is 871. The van der Waals surface area contributed by atoms with Gasteiger partial charge in [0.2, 0.25) is 0 Å². The maximum Gasteiger partial charge on any atom is 0.172 e. The number of benzene rings is 1. The first-order chi connectivity index (χ1) is 11.7. The van der Waals surface area contributed by atoms with E-state index in [1.165, 1.54) is 31.9 Å². The van der Waals surface area contributed by atoms with Gasteiger partial charge in [-0.1, -0.05) is 24.4 Å². The lowest BCUT2D eigenvalue weighted by atomic mass is 10.2. The normalized spacial score (nSPS) is 15.2. The first kappa shape index (κ1) is 15.4. The van der Waals surface area contributed by atoms with Gasteiger partial charge in [0.25, 0.3) is 0 Å². The molecule has 1 N–H and O–H groups in total. The van der Waals surface area contributed by atoms with Gasteiger partial charge in [-0.2, -0.15) is 5.10 Å². The van der Waals surface area contributed by atoms with E-state index in [-0.39, 0.29) is 11.3 Å². The lowest BCUT2D eigenvalue weighted by molar-refractivity contribution is 0.463. The van der Waals surface area contributed by atoms with Crippen LogP contribution in [0.25, 0.3) is 10.9 Å². The van der Waals surface area contributed by atoms with Gasteiger partial charge in [-0.25, -0.2) is 4.39 Å². The largest absolute Gasteiger partial charge is 0.377 e. The first-order valence-corrected chi connectivity index (χ1v) is 8.61. The van der Waals surface area contributed by atoms with Crippen molar-refractivity contribution in [3.05, 3.63) is 53.2 Å². The van der Waals surface area contributed by atoms with E-state index in [4.69, 9.17) is 11.6 Å². The highest BCUT2D eigenvalue weighted by atomic mass is 35.5. The van der Waals surface area contributed by atoms with Gasteiger partial charge < -0.3 is 5.32 Å². The van der Waals surface area contributed by atoms with E-state index in [0.29, 0.717) is 28.7 Å². The Balaban J connectivity index is 1.51. The molecule has 1 fully saturated rings. The smallest absolute Gasteiger partial charge is 0.172 e. The molecule has 2 aromatic heterocycles. The third-order valence-electron chi connectivity index (χ3n) is 4.62. The fourth-order valence-corrected chi connectivity index (χ4v) is 3.53. The van der Waals surface area contributed by atoms with E-state index in [0.717, 1.165) is 5.69 Å². The quantitative estimate of drug-likeness (QED) is 0.728. The number of aromatic nitrogens is 3. The monoisotopic (exact) mass is 344 g/mol. The molecular weight excluding hydrogens is 327 g/mol. The van der Waals surface area contributed by atoms with Gasteiger partial charge in [0.05, 0.1) is 29.0 Å². The molecule has 24 heavy (non-hydrogen) atoms. The summed E-state index contributed by atoms with van der Waals surface area (Å²) in [5.74, 6) is -0.384. The Hall–Kier alpha value is -2.14. The molecule has 0 aliphatic heterocycles. The predicted octanol–water partition coefficient (Wildman–Crippen LogP) is 4.95. The number of fused-ring (bicyclic) bond motifs is 1. The zero-order valence-corrected chi connectivity index (χ0v) is 13.9. The summed E-state index contributed by atoms with van der Waals surface area (Å²) >= 11 is 6.08. The minimum absolute atomic E-state index is 0.281. The van der Waals surface area contributed by atoms with Crippen molar-refractivity contribution < 1.29 is 4.39 Å². The second kappa shape index (κ2) is 6.40. The lowest BCUT2D eigenvalue weighted by Gasteiger charge is -2.10. The van der Waals surface area contributed by atoms with Gasteiger partial charge in [0.15, 0.2) is 5.82 Å². The van der Waals surface area contributed by atoms with Gasteiger partial charge in [0, 0.05) is 17.8 Å². The topological polar surface area (TPSA) is 42.7 Å². The van der Waals surface area contributed by atoms with E-state index in [9.17, 15) is 4.39 Å². The van der Waals surface area contributed by atoms with Crippen LogP contribution in [0.4, 0.5) is 10.1 Å². The summed E-state index contributed by atoms with van der Waals surface area (Å²) in [6.45, 7) is 0.475. The minimum atomic E-state index is -0.384. The number of nitrogens with zero attached hydrogens (tertiary/aromatic N) is 3. The number of rotatable bonds is 4.